The van der Waals surface area contributed by atoms with Gasteiger partial charge in [-0.25, -0.2) is 9.59 Å². The van der Waals surface area contributed by atoms with Crippen molar-refractivity contribution in [2.45, 2.75) is 45.1 Å². The van der Waals surface area contributed by atoms with Crippen molar-refractivity contribution in [2.24, 2.45) is 0 Å². The molecule has 0 spiro atoms. The molecule has 0 aromatic carbocycles. The van der Waals surface area contributed by atoms with Crippen LogP contribution in [0.1, 0.15) is 39.0 Å². The van der Waals surface area contributed by atoms with Crippen LogP contribution in [0.2, 0.25) is 0 Å². The van der Waals surface area contributed by atoms with Crippen LogP contribution in [0.4, 0.5) is 0 Å². The Morgan fingerprint density at radius 3 is 2.59 bits per heavy atom. The molecular formula is C13H18O4. The molecular weight excluding hydrogens is 220 g/mol. The fourth-order valence-corrected chi connectivity index (χ4v) is 1.29. The molecule has 17 heavy (non-hydrogen) atoms. The van der Waals surface area contributed by atoms with Crippen LogP contribution in [0, 0.1) is 0 Å². The van der Waals surface area contributed by atoms with Crippen molar-refractivity contribution in [3.8, 4) is 0 Å². The van der Waals surface area contributed by atoms with Crippen molar-refractivity contribution in [2.75, 3.05) is 0 Å². The fraction of sp³-hybridized carbons (Fsp3) is 0.538. The third-order valence-electron chi connectivity index (χ3n) is 2.48. The van der Waals surface area contributed by atoms with Crippen molar-refractivity contribution in [3.63, 3.8) is 0 Å². The van der Waals surface area contributed by atoms with Crippen molar-refractivity contribution in [3.05, 3.63) is 23.8 Å². The summed E-state index contributed by atoms with van der Waals surface area (Å²) in [5, 5.41) is 8.96. The highest BCUT2D eigenvalue weighted by Gasteiger charge is 2.26. The molecule has 1 saturated carbocycles. The number of carbonyl (C=O) groups is 2. The van der Waals surface area contributed by atoms with Gasteiger partial charge in [-0.15, -0.1) is 0 Å². The molecule has 1 N–H and O–H groups in total. The van der Waals surface area contributed by atoms with E-state index in [1.54, 1.807) is 0 Å². The van der Waals surface area contributed by atoms with Gasteiger partial charge in [0.15, 0.2) is 0 Å². The predicted molar refractivity (Wildman–Crippen MR) is 63.5 cm³/mol. The quantitative estimate of drug-likeness (QED) is 0.420. The summed E-state index contributed by atoms with van der Waals surface area (Å²) in [6, 6.07) is 0. The summed E-state index contributed by atoms with van der Waals surface area (Å²) in [5.41, 5.74) is 0.329. The van der Waals surface area contributed by atoms with Gasteiger partial charge in [-0.3, -0.25) is 0 Å². The number of esters is 1. The van der Waals surface area contributed by atoms with E-state index in [1.165, 1.54) is 6.08 Å². The zero-order valence-corrected chi connectivity index (χ0v) is 10.1. The number of ether oxygens (including phenoxy) is 1. The van der Waals surface area contributed by atoms with Gasteiger partial charge in [-0.05, 0) is 31.8 Å². The third-order valence-corrected chi connectivity index (χ3v) is 2.48. The fourth-order valence-electron chi connectivity index (χ4n) is 1.29. The standard InChI is InChI=1S/C13H18O4/c1-3-4-5-10(12(14)15)8-9(2)13(16)17-11-6-7-11/h8,11H,2-7H2,1H3,(H,14,15). The molecule has 4 nitrogen and oxygen atoms in total. The van der Waals surface area contributed by atoms with E-state index in [0.29, 0.717) is 6.42 Å². The van der Waals surface area contributed by atoms with Crippen LogP contribution in [-0.4, -0.2) is 23.1 Å². The zero-order valence-electron chi connectivity index (χ0n) is 10.1. The molecule has 4 heteroatoms. The Labute approximate surface area is 101 Å². The molecule has 0 aliphatic heterocycles. The van der Waals surface area contributed by atoms with Crippen LogP contribution in [0.5, 0.6) is 0 Å². The molecule has 1 rings (SSSR count). The first kappa shape index (κ1) is 13.5. The topological polar surface area (TPSA) is 63.6 Å². The first-order valence-electron chi connectivity index (χ1n) is 5.88. The maximum atomic E-state index is 11.5. The number of hydrogen-bond donors (Lipinski definition) is 1. The molecule has 0 aromatic heterocycles. The molecule has 0 heterocycles. The summed E-state index contributed by atoms with van der Waals surface area (Å²) in [6.45, 7) is 5.53. The minimum atomic E-state index is -1.00. The Balaban J connectivity index is 2.57. The lowest BCUT2D eigenvalue weighted by Crippen LogP contribution is -2.09. The summed E-state index contributed by atoms with van der Waals surface area (Å²) in [4.78, 5) is 22.4. The van der Waals surface area contributed by atoms with Crippen LogP contribution in [0.15, 0.2) is 23.8 Å². The van der Waals surface area contributed by atoms with Crippen molar-refractivity contribution in [1.29, 1.82) is 0 Å². The number of aliphatic carboxylic acids is 1. The summed E-state index contributed by atoms with van der Waals surface area (Å²) >= 11 is 0. The average molecular weight is 238 g/mol. The number of hydrogen-bond acceptors (Lipinski definition) is 3. The first-order valence-corrected chi connectivity index (χ1v) is 5.88. The van der Waals surface area contributed by atoms with Crippen LogP contribution >= 0.6 is 0 Å². The molecule has 0 atom stereocenters. The van der Waals surface area contributed by atoms with E-state index in [9.17, 15) is 9.59 Å². The van der Waals surface area contributed by atoms with Crippen molar-refractivity contribution in [1.82, 2.24) is 0 Å². The molecule has 0 aromatic rings. The molecule has 0 amide bonds. The Morgan fingerprint density at radius 2 is 2.12 bits per heavy atom. The summed E-state index contributed by atoms with van der Waals surface area (Å²) in [5.74, 6) is -1.51. The van der Waals surface area contributed by atoms with Crippen LogP contribution in [0.3, 0.4) is 0 Å². The van der Waals surface area contributed by atoms with E-state index < -0.39 is 11.9 Å². The van der Waals surface area contributed by atoms with Gasteiger partial charge < -0.3 is 9.84 Å². The summed E-state index contributed by atoms with van der Waals surface area (Å²) < 4.78 is 5.03. The van der Waals surface area contributed by atoms with Gasteiger partial charge in [0.05, 0.1) is 5.57 Å². The van der Waals surface area contributed by atoms with Crippen LogP contribution < -0.4 is 0 Å². The largest absolute Gasteiger partial charge is 0.478 e. The first-order chi connectivity index (χ1) is 8.04. The number of carboxylic acid groups (broad SMARTS) is 1. The molecule has 0 saturated heterocycles. The van der Waals surface area contributed by atoms with E-state index in [0.717, 1.165) is 25.7 Å². The minimum absolute atomic E-state index is 0.0107. The van der Waals surface area contributed by atoms with Gasteiger partial charge in [0.2, 0.25) is 0 Å². The molecule has 1 aliphatic rings. The monoisotopic (exact) mass is 238 g/mol. The van der Waals surface area contributed by atoms with E-state index in [4.69, 9.17) is 9.84 Å². The van der Waals surface area contributed by atoms with Gasteiger partial charge in [-0.2, -0.15) is 0 Å². The second-order valence-electron chi connectivity index (χ2n) is 4.21. The number of carbonyl (C=O) groups excluding carboxylic acids is 1. The lowest BCUT2D eigenvalue weighted by atomic mass is 10.1. The Hall–Kier alpha value is -1.58. The number of rotatable bonds is 7. The van der Waals surface area contributed by atoms with Crippen molar-refractivity contribution < 1.29 is 19.4 Å². The SMILES string of the molecule is C=C(C=C(CCCC)C(=O)O)C(=O)OC1CC1. The van der Waals surface area contributed by atoms with E-state index in [2.05, 4.69) is 6.58 Å². The molecule has 1 aliphatic carbocycles. The minimum Gasteiger partial charge on any atom is -0.478 e. The number of unbranched alkanes of at least 4 members (excludes halogenated alkanes) is 1. The summed E-state index contributed by atoms with van der Waals surface area (Å²) in [6.07, 6.45) is 5.25. The average Bonchev–Trinajstić information content (AvgIpc) is 3.07. The Kier molecular flexibility index (Phi) is 4.94. The van der Waals surface area contributed by atoms with E-state index in [1.807, 2.05) is 6.92 Å². The van der Waals surface area contributed by atoms with Gasteiger partial charge in [-0.1, -0.05) is 19.9 Å². The maximum Gasteiger partial charge on any atom is 0.337 e. The highest BCUT2D eigenvalue weighted by Crippen LogP contribution is 2.24. The number of carboxylic acids is 1. The second kappa shape index (κ2) is 6.23. The third kappa shape index (κ3) is 4.85. The Bertz CT molecular complexity index is 350. The zero-order chi connectivity index (χ0) is 12.8. The van der Waals surface area contributed by atoms with Gasteiger partial charge >= 0.3 is 11.9 Å². The lowest BCUT2D eigenvalue weighted by molar-refractivity contribution is -0.139. The summed E-state index contributed by atoms with van der Waals surface area (Å²) in [7, 11) is 0. The van der Waals surface area contributed by atoms with Crippen LogP contribution in [-0.2, 0) is 14.3 Å². The van der Waals surface area contributed by atoms with E-state index in [-0.39, 0.29) is 17.3 Å². The van der Waals surface area contributed by atoms with Gasteiger partial charge in [0, 0.05) is 5.57 Å². The highest BCUT2D eigenvalue weighted by atomic mass is 16.5. The molecule has 1 fully saturated rings. The van der Waals surface area contributed by atoms with Crippen LogP contribution in [0.25, 0.3) is 0 Å². The predicted octanol–water partition coefficient (Wildman–Crippen LogP) is 2.45. The molecule has 0 bridgehead atoms. The normalized spacial score (nSPS) is 15.5. The van der Waals surface area contributed by atoms with E-state index >= 15 is 0 Å². The lowest BCUT2D eigenvalue weighted by Gasteiger charge is -2.04. The van der Waals surface area contributed by atoms with Gasteiger partial charge in [0.1, 0.15) is 6.10 Å². The van der Waals surface area contributed by atoms with Gasteiger partial charge in [0.25, 0.3) is 0 Å². The molecule has 0 unspecified atom stereocenters. The molecule has 0 radical (unpaired) electrons. The highest BCUT2D eigenvalue weighted by molar-refractivity contribution is 5.95. The smallest absolute Gasteiger partial charge is 0.337 e. The molecule has 94 valence electrons. The van der Waals surface area contributed by atoms with Crippen molar-refractivity contribution >= 4 is 11.9 Å². The second-order valence-corrected chi connectivity index (χ2v) is 4.21. The Morgan fingerprint density at radius 1 is 1.47 bits per heavy atom. The maximum absolute atomic E-state index is 11.5.